The van der Waals surface area contributed by atoms with Crippen LogP contribution in [0.4, 0.5) is 0 Å². The molecule has 0 aromatic heterocycles. The van der Waals surface area contributed by atoms with Crippen LogP contribution in [0.15, 0.2) is 16.8 Å². The summed E-state index contributed by atoms with van der Waals surface area (Å²) in [5.41, 5.74) is 1.82. The summed E-state index contributed by atoms with van der Waals surface area (Å²) < 4.78 is 0. The fraction of sp³-hybridized carbons (Fsp3) is 0.571. The van der Waals surface area contributed by atoms with Crippen LogP contribution in [-0.2, 0) is 0 Å². The standard InChI is InChI=1S/C7H12N2O/c1-6(9-10)7-3-2-4-8-5-7/h3,8,10H,2,4-5H2,1H3/b9-6+. The number of rotatable bonds is 1. The van der Waals surface area contributed by atoms with Crippen molar-refractivity contribution < 1.29 is 5.21 Å². The molecule has 0 spiro atoms. The van der Waals surface area contributed by atoms with Gasteiger partial charge in [-0.3, -0.25) is 0 Å². The molecular weight excluding hydrogens is 128 g/mol. The van der Waals surface area contributed by atoms with Crippen LogP contribution in [0, 0.1) is 0 Å². The van der Waals surface area contributed by atoms with Crippen LogP contribution >= 0.6 is 0 Å². The van der Waals surface area contributed by atoms with E-state index in [0.29, 0.717) is 5.71 Å². The van der Waals surface area contributed by atoms with E-state index in [2.05, 4.69) is 16.5 Å². The average Bonchev–Trinajstić information content (AvgIpc) is 2.05. The molecule has 1 aliphatic rings. The van der Waals surface area contributed by atoms with Crippen LogP contribution in [0.5, 0.6) is 0 Å². The van der Waals surface area contributed by atoms with Gasteiger partial charge in [-0.25, -0.2) is 0 Å². The smallest absolute Gasteiger partial charge is 0.0806 e. The first kappa shape index (κ1) is 7.28. The molecule has 0 fully saturated rings. The molecule has 0 unspecified atom stereocenters. The topological polar surface area (TPSA) is 44.6 Å². The Morgan fingerprint density at radius 3 is 3.10 bits per heavy atom. The van der Waals surface area contributed by atoms with Crippen LogP contribution in [0.2, 0.25) is 0 Å². The number of nitrogens with one attached hydrogen (secondary N) is 1. The lowest BCUT2D eigenvalue weighted by molar-refractivity contribution is 0.318. The van der Waals surface area contributed by atoms with Crippen LogP contribution in [0.25, 0.3) is 0 Å². The lowest BCUT2D eigenvalue weighted by Gasteiger charge is -2.12. The zero-order valence-corrected chi connectivity index (χ0v) is 6.09. The van der Waals surface area contributed by atoms with E-state index in [1.54, 1.807) is 6.92 Å². The molecule has 0 aliphatic carbocycles. The van der Waals surface area contributed by atoms with E-state index in [1.807, 2.05) is 0 Å². The summed E-state index contributed by atoms with van der Waals surface area (Å²) in [7, 11) is 0. The molecule has 3 heteroatoms. The van der Waals surface area contributed by atoms with Crippen molar-refractivity contribution >= 4 is 5.71 Å². The first-order valence-electron chi connectivity index (χ1n) is 3.43. The van der Waals surface area contributed by atoms with Gasteiger partial charge in [-0.15, -0.1) is 0 Å². The first-order valence-corrected chi connectivity index (χ1v) is 3.43. The number of hydrogen-bond acceptors (Lipinski definition) is 3. The maximum absolute atomic E-state index is 8.41. The van der Waals surface area contributed by atoms with Gasteiger partial charge in [-0.1, -0.05) is 11.2 Å². The third-order valence-electron chi connectivity index (χ3n) is 1.64. The van der Waals surface area contributed by atoms with Gasteiger partial charge in [0.2, 0.25) is 0 Å². The third kappa shape index (κ3) is 1.57. The van der Waals surface area contributed by atoms with Crippen molar-refractivity contribution in [1.29, 1.82) is 0 Å². The summed E-state index contributed by atoms with van der Waals surface area (Å²) >= 11 is 0. The van der Waals surface area contributed by atoms with Gasteiger partial charge < -0.3 is 10.5 Å². The van der Waals surface area contributed by atoms with Gasteiger partial charge in [0.05, 0.1) is 5.71 Å². The molecule has 0 amide bonds. The highest BCUT2D eigenvalue weighted by molar-refractivity contribution is 5.98. The maximum Gasteiger partial charge on any atom is 0.0806 e. The quantitative estimate of drug-likeness (QED) is 0.321. The second-order valence-corrected chi connectivity index (χ2v) is 2.38. The minimum atomic E-state index is 0.715. The Bertz CT molecular complexity index is 172. The fourth-order valence-corrected chi connectivity index (χ4v) is 0.984. The number of oxime groups is 1. The highest BCUT2D eigenvalue weighted by atomic mass is 16.4. The van der Waals surface area contributed by atoms with E-state index in [0.717, 1.165) is 25.1 Å². The van der Waals surface area contributed by atoms with Gasteiger partial charge in [-0.2, -0.15) is 0 Å². The van der Waals surface area contributed by atoms with Crippen LogP contribution in [-0.4, -0.2) is 24.0 Å². The van der Waals surface area contributed by atoms with Gasteiger partial charge in [0.15, 0.2) is 0 Å². The van der Waals surface area contributed by atoms with Crippen molar-refractivity contribution in [3.05, 3.63) is 11.6 Å². The number of nitrogens with zero attached hydrogens (tertiary/aromatic N) is 1. The Balaban J connectivity index is 2.62. The monoisotopic (exact) mass is 140 g/mol. The molecule has 0 aromatic carbocycles. The van der Waals surface area contributed by atoms with Gasteiger partial charge >= 0.3 is 0 Å². The van der Waals surface area contributed by atoms with E-state index in [9.17, 15) is 0 Å². The van der Waals surface area contributed by atoms with Crippen molar-refractivity contribution in [1.82, 2.24) is 5.32 Å². The van der Waals surface area contributed by atoms with E-state index >= 15 is 0 Å². The fourth-order valence-electron chi connectivity index (χ4n) is 0.984. The molecule has 0 aromatic rings. The highest BCUT2D eigenvalue weighted by Crippen LogP contribution is 2.02. The van der Waals surface area contributed by atoms with Gasteiger partial charge in [0, 0.05) is 6.54 Å². The molecule has 1 rings (SSSR count). The molecule has 0 saturated carbocycles. The lowest BCUT2D eigenvalue weighted by Crippen LogP contribution is -2.25. The Morgan fingerprint density at radius 1 is 1.80 bits per heavy atom. The number of hydrogen-bond donors (Lipinski definition) is 2. The largest absolute Gasteiger partial charge is 0.411 e. The van der Waals surface area contributed by atoms with E-state index in [4.69, 9.17) is 5.21 Å². The molecule has 56 valence electrons. The Kier molecular flexibility index (Phi) is 2.45. The molecule has 10 heavy (non-hydrogen) atoms. The van der Waals surface area contributed by atoms with Crippen molar-refractivity contribution in [2.24, 2.45) is 5.16 Å². The van der Waals surface area contributed by atoms with Crippen molar-refractivity contribution in [3.63, 3.8) is 0 Å². The molecule has 1 heterocycles. The summed E-state index contributed by atoms with van der Waals surface area (Å²) in [5.74, 6) is 0. The minimum Gasteiger partial charge on any atom is -0.411 e. The predicted molar refractivity (Wildman–Crippen MR) is 40.5 cm³/mol. The molecule has 3 nitrogen and oxygen atoms in total. The Morgan fingerprint density at radius 2 is 2.60 bits per heavy atom. The molecule has 0 bridgehead atoms. The first-order chi connectivity index (χ1) is 4.84. The Hall–Kier alpha value is -0.830. The maximum atomic E-state index is 8.41. The van der Waals surface area contributed by atoms with Crippen molar-refractivity contribution in [2.75, 3.05) is 13.1 Å². The molecule has 1 aliphatic heterocycles. The Labute approximate surface area is 60.4 Å². The summed E-state index contributed by atoms with van der Waals surface area (Å²) in [6, 6.07) is 0. The molecule has 2 N–H and O–H groups in total. The molecule has 0 saturated heterocycles. The molecular formula is C7H12N2O. The average molecular weight is 140 g/mol. The van der Waals surface area contributed by atoms with Crippen LogP contribution < -0.4 is 5.32 Å². The van der Waals surface area contributed by atoms with Gasteiger partial charge in [-0.05, 0) is 25.5 Å². The van der Waals surface area contributed by atoms with E-state index < -0.39 is 0 Å². The van der Waals surface area contributed by atoms with Crippen molar-refractivity contribution in [3.8, 4) is 0 Å². The SMILES string of the molecule is C/C(=N\O)C1=CCCNC1. The summed E-state index contributed by atoms with van der Waals surface area (Å²) in [4.78, 5) is 0. The predicted octanol–water partition coefficient (Wildman–Crippen LogP) is 0.756. The minimum absolute atomic E-state index is 0.715. The highest BCUT2D eigenvalue weighted by Gasteiger charge is 2.04. The van der Waals surface area contributed by atoms with Gasteiger partial charge in [0.1, 0.15) is 0 Å². The van der Waals surface area contributed by atoms with Gasteiger partial charge in [0.25, 0.3) is 0 Å². The van der Waals surface area contributed by atoms with E-state index in [1.165, 1.54) is 0 Å². The van der Waals surface area contributed by atoms with Crippen LogP contribution in [0.1, 0.15) is 13.3 Å². The second kappa shape index (κ2) is 3.37. The third-order valence-corrected chi connectivity index (χ3v) is 1.64. The lowest BCUT2D eigenvalue weighted by atomic mass is 10.1. The zero-order chi connectivity index (χ0) is 7.40. The zero-order valence-electron chi connectivity index (χ0n) is 6.09. The summed E-state index contributed by atoms with van der Waals surface area (Å²) in [6.07, 6.45) is 3.13. The van der Waals surface area contributed by atoms with E-state index in [-0.39, 0.29) is 0 Å². The molecule has 0 atom stereocenters. The second-order valence-electron chi connectivity index (χ2n) is 2.38. The molecule has 0 radical (unpaired) electrons. The van der Waals surface area contributed by atoms with Crippen LogP contribution in [0.3, 0.4) is 0 Å². The summed E-state index contributed by atoms with van der Waals surface area (Å²) in [6.45, 7) is 3.66. The summed E-state index contributed by atoms with van der Waals surface area (Å²) in [5, 5.41) is 14.7. The normalized spacial score (nSPS) is 20.5. The van der Waals surface area contributed by atoms with Crippen molar-refractivity contribution in [2.45, 2.75) is 13.3 Å².